The third kappa shape index (κ3) is 1.97. The molecule has 0 fully saturated rings. The summed E-state index contributed by atoms with van der Waals surface area (Å²) in [5.74, 6) is -0.843. The Kier molecular flexibility index (Phi) is 2.52. The van der Waals surface area contributed by atoms with Crippen LogP contribution in [0.15, 0.2) is 11.3 Å². The predicted octanol–water partition coefficient (Wildman–Crippen LogP) is 1.25. The van der Waals surface area contributed by atoms with Gasteiger partial charge >= 0.3 is 5.97 Å². The lowest BCUT2D eigenvalue weighted by Gasteiger charge is -2.01. The van der Waals surface area contributed by atoms with E-state index in [4.69, 9.17) is 10.8 Å². The molecule has 0 bridgehead atoms. The van der Waals surface area contributed by atoms with Gasteiger partial charge in [0.05, 0.1) is 5.57 Å². The summed E-state index contributed by atoms with van der Waals surface area (Å²) in [7, 11) is 0. The molecule has 0 aliphatic heterocycles. The van der Waals surface area contributed by atoms with Gasteiger partial charge in [0.25, 0.3) is 0 Å². The highest BCUT2D eigenvalue weighted by molar-refractivity contribution is 5.87. The zero-order valence-corrected chi connectivity index (χ0v) is 6.47. The van der Waals surface area contributed by atoms with Crippen LogP contribution in [0.5, 0.6) is 0 Å². The summed E-state index contributed by atoms with van der Waals surface area (Å²) >= 11 is 0. The Balaban J connectivity index is 2.76. The van der Waals surface area contributed by atoms with Gasteiger partial charge in [-0.25, -0.2) is 4.79 Å². The van der Waals surface area contributed by atoms with Crippen molar-refractivity contribution >= 4 is 5.97 Å². The van der Waals surface area contributed by atoms with Crippen molar-refractivity contribution in [2.45, 2.75) is 32.1 Å². The average Bonchev–Trinajstić information content (AvgIpc) is 2.13. The van der Waals surface area contributed by atoms with E-state index in [1.807, 2.05) is 0 Å². The van der Waals surface area contributed by atoms with Gasteiger partial charge in [-0.1, -0.05) is 6.42 Å². The second-order valence-electron chi connectivity index (χ2n) is 2.87. The fourth-order valence-corrected chi connectivity index (χ4v) is 1.35. The second kappa shape index (κ2) is 3.42. The van der Waals surface area contributed by atoms with Gasteiger partial charge in [-0.05, 0) is 25.7 Å². The van der Waals surface area contributed by atoms with E-state index in [-0.39, 0.29) is 0 Å². The molecule has 0 saturated heterocycles. The average molecular weight is 155 g/mol. The maximum atomic E-state index is 10.6. The topological polar surface area (TPSA) is 63.3 Å². The molecule has 0 saturated carbocycles. The molecule has 0 spiro atoms. The molecule has 0 unspecified atom stereocenters. The number of carboxylic acids is 1. The van der Waals surface area contributed by atoms with Crippen molar-refractivity contribution < 1.29 is 9.90 Å². The maximum Gasteiger partial charge on any atom is 0.333 e. The van der Waals surface area contributed by atoms with Gasteiger partial charge in [-0.2, -0.15) is 0 Å². The molecule has 1 aliphatic carbocycles. The number of aliphatic carboxylic acids is 1. The fourth-order valence-electron chi connectivity index (χ4n) is 1.35. The molecule has 3 nitrogen and oxygen atoms in total. The van der Waals surface area contributed by atoms with E-state index < -0.39 is 5.97 Å². The first-order chi connectivity index (χ1) is 5.22. The van der Waals surface area contributed by atoms with Crippen LogP contribution in [0.3, 0.4) is 0 Å². The molecule has 0 aromatic heterocycles. The van der Waals surface area contributed by atoms with E-state index in [1.54, 1.807) is 0 Å². The van der Waals surface area contributed by atoms with Crippen molar-refractivity contribution in [3.8, 4) is 0 Å². The van der Waals surface area contributed by atoms with Crippen molar-refractivity contribution in [2.24, 2.45) is 5.73 Å². The highest BCUT2D eigenvalue weighted by Gasteiger charge is 2.14. The molecule has 0 aromatic rings. The van der Waals surface area contributed by atoms with Crippen LogP contribution in [0.4, 0.5) is 0 Å². The van der Waals surface area contributed by atoms with Crippen molar-refractivity contribution in [1.82, 2.24) is 0 Å². The number of rotatable bonds is 1. The quantitative estimate of drug-likeness (QED) is 0.599. The van der Waals surface area contributed by atoms with Crippen LogP contribution in [0.25, 0.3) is 0 Å². The summed E-state index contributed by atoms with van der Waals surface area (Å²) in [6.45, 7) is 0. The normalized spacial score (nSPS) is 19.6. The molecule has 1 rings (SSSR count). The number of nitrogens with two attached hydrogens (primary N) is 1. The second-order valence-corrected chi connectivity index (χ2v) is 2.87. The van der Waals surface area contributed by atoms with Crippen molar-refractivity contribution in [3.63, 3.8) is 0 Å². The summed E-state index contributed by atoms with van der Waals surface area (Å²) in [6, 6.07) is 0. The third-order valence-electron chi connectivity index (χ3n) is 2.02. The summed E-state index contributed by atoms with van der Waals surface area (Å²) in [4.78, 5) is 10.6. The van der Waals surface area contributed by atoms with Gasteiger partial charge in [-0.3, -0.25) is 0 Å². The molecule has 0 radical (unpaired) electrons. The van der Waals surface area contributed by atoms with Crippen LogP contribution >= 0.6 is 0 Å². The van der Waals surface area contributed by atoms with Crippen molar-refractivity contribution in [3.05, 3.63) is 11.3 Å². The Bertz CT molecular complexity index is 196. The van der Waals surface area contributed by atoms with Crippen LogP contribution in [-0.4, -0.2) is 11.1 Å². The van der Waals surface area contributed by atoms with Crippen molar-refractivity contribution in [1.29, 1.82) is 0 Å². The minimum Gasteiger partial charge on any atom is -0.478 e. The van der Waals surface area contributed by atoms with Gasteiger partial charge in [0.15, 0.2) is 0 Å². The molecular weight excluding hydrogens is 142 g/mol. The monoisotopic (exact) mass is 155 g/mol. The third-order valence-corrected chi connectivity index (χ3v) is 2.02. The minimum absolute atomic E-state index is 0.433. The molecular formula is C8H13NO2. The lowest BCUT2D eigenvalue weighted by atomic mass is 10.1. The summed E-state index contributed by atoms with van der Waals surface area (Å²) in [6.07, 6.45) is 4.48. The van der Waals surface area contributed by atoms with Gasteiger partial charge in [0.2, 0.25) is 0 Å². The number of hydrogen-bond donors (Lipinski definition) is 2. The molecule has 0 amide bonds. The molecule has 11 heavy (non-hydrogen) atoms. The van der Waals surface area contributed by atoms with E-state index in [2.05, 4.69) is 0 Å². The summed E-state index contributed by atoms with van der Waals surface area (Å²) in [5.41, 5.74) is 6.59. The Labute approximate surface area is 65.9 Å². The number of hydrogen-bond acceptors (Lipinski definition) is 2. The fraction of sp³-hybridized carbons (Fsp3) is 0.625. The van der Waals surface area contributed by atoms with E-state index in [9.17, 15) is 4.79 Å². The highest BCUT2D eigenvalue weighted by atomic mass is 16.4. The van der Waals surface area contributed by atoms with E-state index in [1.165, 1.54) is 0 Å². The van der Waals surface area contributed by atoms with E-state index in [0.717, 1.165) is 25.7 Å². The van der Waals surface area contributed by atoms with Crippen LogP contribution in [0, 0.1) is 0 Å². The van der Waals surface area contributed by atoms with Gasteiger partial charge in [0.1, 0.15) is 0 Å². The molecule has 3 N–H and O–H groups in total. The van der Waals surface area contributed by atoms with Crippen LogP contribution in [0.1, 0.15) is 32.1 Å². The Morgan fingerprint density at radius 3 is 2.55 bits per heavy atom. The molecule has 0 atom stereocenters. The molecule has 0 heterocycles. The Morgan fingerprint density at radius 1 is 1.27 bits per heavy atom. The first-order valence-corrected chi connectivity index (χ1v) is 3.92. The zero-order chi connectivity index (χ0) is 8.27. The number of allylic oxidation sites excluding steroid dienone is 1. The van der Waals surface area contributed by atoms with Crippen LogP contribution in [0.2, 0.25) is 0 Å². The lowest BCUT2D eigenvalue weighted by molar-refractivity contribution is -0.132. The summed E-state index contributed by atoms with van der Waals surface area (Å²) < 4.78 is 0. The summed E-state index contributed by atoms with van der Waals surface area (Å²) in [5, 5.41) is 8.70. The first kappa shape index (κ1) is 8.11. The van der Waals surface area contributed by atoms with E-state index in [0.29, 0.717) is 17.7 Å². The smallest absolute Gasteiger partial charge is 0.333 e. The first-order valence-electron chi connectivity index (χ1n) is 3.92. The molecule has 3 heteroatoms. The molecule has 1 aliphatic rings. The van der Waals surface area contributed by atoms with Gasteiger partial charge in [0, 0.05) is 5.70 Å². The zero-order valence-electron chi connectivity index (χ0n) is 6.47. The Morgan fingerprint density at radius 2 is 1.91 bits per heavy atom. The molecule has 62 valence electrons. The van der Waals surface area contributed by atoms with Gasteiger partial charge in [-0.15, -0.1) is 0 Å². The van der Waals surface area contributed by atoms with E-state index >= 15 is 0 Å². The minimum atomic E-state index is -0.843. The molecule has 0 aromatic carbocycles. The highest BCUT2D eigenvalue weighted by Crippen LogP contribution is 2.20. The predicted molar refractivity (Wildman–Crippen MR) is 41.9 cm³/mol. The number of carboxylic acid groups (broad SMARTS) is 1. The van der Waals surface area contributed by atoms with Crippen LogP contribution < -0.4 is 5.73 Å². The maximum absolute atomic E-state index is 10.6. The Hall–Kier alpha value is -0.990. The largest absolute Gasteiger partial charge is 0.478 e. The SMILES string of the molecule is NC1=C(C(=O)O)CCCCC1. The standard InChI is InChI=1S/C8H13NO2/c9-7-5-3-1-2-4-6(7)8(10)11/h1-5,9H2,(H,10,11). The number of carbonyl (C=O) groups is 1. The van der Waals surface area contributed by atoms with Gasteiger partial charge < -0.3 is 10.8 Å². The lowest BCUT2D eigenvalue weighted by Crippen LogP contribution is -2.09. The van der Waals surface area contributed by atoms with Crippen LogP contribution in [-0.2, 0) is 4.79 Å². The van der Waals surface area contributed by atoms with Crippen molar-refractivity contribution in [2.75, 3.05) is 0 Å².